The summed E-state index contributed by atoms with van der Waals surface area (Å²) in [6.07, 6.45) is 3.81. The minimum atomic E-state index is -0.0769. The van der Waals surface area contributed by atoms with Gasteiger partial charge in [0.05, 0.1) is 0 Å². The molecule has 2 unspecified atom stereocenters. The minimum absolute atomic E-state index is 0.0769. The molecule has 0 saturated carbocycles. The van der Waals surface area contributed by atoms with Crippen LogP contribution in [0.15, 0.2) is 71.6 Å². The number of carbonyl (C=O) groups is 2. The first-order valence-corrected chi connectivity index (χ1v) is 14.0. The van der Waals surface area contributed by atoms with Crippen molar-refractivity contribution in [3.05, 3.63) is 77.9 Å². The second-order valence-corrected chi connectivity index (χ2v) is 11.1. The maximum atomic E-state index is 13.5. The average Bonchev–Trinajstić information content (AvgIpc) is 3.49. The van der Waals surface area contributed by atoms with Gasteiger partial charge in [0, 0.05) is 59.8 Å². The number of thioether (sulfide) groups is 1. The Bertz CT molecular complexity index is 1310. The van der Waals surface area contributed by atoms with Gasteiger partial charge in [0.15, 0.2) is 11.5 Å². The molecule has 3 heterocycles. The molecule has 2 amide bonds. The second kappa shape index (κ2) is 10.6. The lowest BCUT2D eigenvalue weighted by atomic mass is 9.98. The number of ether oxygens (including phenoxy) is 3. The number of piperidine rings is 1. The van der Waals surface area contributed by atoms with Gasteiger partial charge in [-0.05, 0) is 66.9 Å². The van der Waals surface area contributed by atoms with Gasteiger partial charge in [0.2, 0.25) is 12.7 Å². The Hall–Kier alpha value is -3.65. The predicted octanol–water partition coefficient (Wildman–Crippen LogP) is 5.88. The molecule has 3 aliphatic heterocycles. The van der Waals surface area contributed by atoms with E-state index < -0.39 is 0 Å². The predicted molar refractivity (Wildman–Crippen MR) is 146 cm³/mol. The molecule has 0 radical (unpaired) electrons. The molecule has 3 aromatic rings. The number of amides is 2. The van der Waals surface area contributed by atoms with Crippen LogP contribution in [-0.4, -0.2) is 41.7 Å². The topological polar surface area (TPSA) is 77.1 Å². The zero-order chi connectivity index (χ0) is 26.1. The Labute approximate surface area is 226 Å². The Morgan fingerprint density at radius 1 is 0.947 bits per heavy atom. The molecule has 38 heavy (non-hydrogen) atoms. The highest BCUT2D eigenvalue weighted by Crippen LogP contribution is 2.40. The van der Waals surface area contributed by atoms with Gasteiger partial charge >= 0.3 is 0 Å². The lowest BCUT2D eigenvalue weighted by Crippen LogP contribution is -2.49. The lowest BCUT2D eigenvalue weighted by molar-refractivity contribution is -0.114. The number of carbonyl (C=O) groups excluding carboxylic acids is 2. The van der Waals surface area contributed by atoms with Crippen LogP contribution in [0.5, 0.6) is 17.2 Å². The zero-order valence-electron chi connectivity index (χ0n) is 21.2. The van der Waals surface area contributed by atoms with Crippen LogP contribution >= 0.6 is 11.8 Å². The Morgan fingerprint density at radius 3 is 2.37 bits per heavy atom. The molecule has 3 aliphatic rings. The standard InChI is InChI=1S/C30H30N2O5S/c1-19(33)31-22-6-11-27(12-7-22)38-17-20-2-4-21(5-3-20)30(34)32-23-8-9-24(32)15-26(14-23)37-25-10-13-28-29(16-25)36-18-35-28/h2-7,10-13,16,23-24,26H,8-9,14-15,17-18H2,1H3,(H,31,33). The van der Waals surface area contributed by atoms with Crippen molar-refractivity contribution in [2.75, 3.05) is 12.1 Å². The fourth-order valence-corrected chi connectivity index (χ4v) is 6.45. The maximum Gasteiger partial charge on any atom is 0.254 e. The number of hydrogen-bond donors (Lipinski definition) is 1. The van der Waals surface area contributed by atoms with Crippen LogP contribution in [0.1, 0.15) is 48.5 Å². The Morgan fingerprint density at radius 2 is 1.66 bits per heavy atom. The van der Waals surface area contributed by atoms with Crippen molar-refractivity contribution in [2.45, 2.75) is 61.4 Å². The van der Waals surface area contributed by atoms with Crippen LogP contribution in [0.2, 0.25) is 0 Å². The molecule has 2 bridgehead atoms. The quantitative estimate of drug-likeness (QED) is 0.385. The van der Waals surface area contributed by atoms with Crippen molar-refractivity contribution in [1.82, 2.24) is 4.90 Å². The second-order valence-electron chi connectivity index (χ2n) is 10.0. The largest absolute Gasteiger partial charge is 0.490 e. The van der Waals surface area contributed by atoms with Crippen molar-refractivity contribution >= 4 is 29.3 Å². The van der Waals surface area contributed by atoms with Crippen molar-refractivity contribution < 1.29 is 23.8 Å². The summed E-state index contributed by atoms with van der Waals surface area (Å²) in [5.74, 6) is 3.11. The summed E-state index contributed by atoms with van der Waals surface area (Å²) in [6.45, 7) is 1.75. The van der Waals surface area contributed by atoms with Crippen LogP contribution in [0.3, 0.4) is 0 Å². The van der Waals surface area contributed by atoms with E-state index in [2.05, 4.69) is 10.2 Å². The SMILES string of the molecule is CC(=O)Nc1ccc(SCc2ccc(C(=O)N3C4CCC3CC(Oc3ccc5c(c3)OCO5)C4)cc2)cc1. The Balaban J connectivity index is 1.04. The third-order valence-corrected chi connectivity index (χ3v) is 8.44. The fourth-order valence-electron chi connectivity index (χ4n) is 5.59. The van der Waals surface area contributed by atoms with Gasteiger partial charge < -0.3 is 24.4 Å². The molecule has 2 saturated heterocycles. The zero-order valence-corrected chi connectivity index (χ0v) is 22.0. The number of rotatable bonds is 7. The average molecular weight is 531 g/mol. The van der Waals surface area contributed by atoms with E-state index in [4.69, 9.17) is 14.2 Å². The van der Waals surface area contributed by atoms with Crippen LogP contribution in [-0.2, 0) is 10.5 Å². The fraction of sp³-hybridized carbons (Fsp3) is 0.333. The number of nitrogens with zero attached hydrogens (tertiary/aromatic N) is 1. The van der Waals surface area contributed by atoms with Crippen molar-refractivity contribution in [3.63, 3.8) is 0 Å². The summed E-state index contributed by atoms with van der Waals surface area (Å²) < 4.78 is 17.2. The van der Waals surface area contributed by atoms with Crippen LogP contribution in [0, 0.1) is 0 Å². The summed E-state index contributed by atoms with van der Waals surface area (Å²) in [5, 5.41) is 2.78. The summed E-state index contributed by atoms with van der Waals surface area (Å²) in [7, 11) is 0. The summed E-state index contributed by atoms with van der Waals surface area (Å²) >= 11 is 1.72. The summed E-state index contributed by atoms with van der Waals surface area (Å²) in [5.41, 5.74) is 2.70. The van der Waals surface area contributed by atoms with E-state index in [0.29, 0.717) is 0 Å². The molecule has 0 aromatic heterocycles. The van der Waals surface area contributed by atoms with Crippen LogP contribution < -0.4 is 19.5 Å². The number of benzene rings is 3. The summed E-state index contributed by atoms with van der Waals surface area (Å²) in [6, 6.07) is 21.9. The van der Waals surface area contributed by atoms with E-state index in [1.165, 1.54) is 6.92 Å². The van der Waals surface area contributed by atoms with Gasteiger partial charge in [0.1, 0.15) is 11.9 Å². The molecule has 8 heteroatoms. The highest BCUT2D eigenvalue weighted by atomic mass is 32.2. The smallest absolute Gasteiger partial charge is 0.254 e. The first-order chi connectivity index (χ1) is 18.5. The molecule has 2 fully saturated rings. The monoisotopic (exact) mass is 530 g/mol. The molecule has 7 nitrogen and oxygen atoms in total. The molecule has 0 spiro atoms. The number of fused-ring (bicyclic) bond motifs is 3. The highest BCUT2D eigenvalue weighted by molar-refractivity contribution is 7.98. The van der Waals surface area contributed by atoms with E-state index in [0.717, 1.165) is 70.4 Å². The van der Waals surface area contributed by atoms with E-state index >= 15 is 0 Å². The van der Waals surface area contributed by atoms with Crippen LogP contribution in [0.4, 0.5) is 5.69 Å². The molecule has 3 aromatic carbocycles. The number of hydrogen-bond acceptors (Lipinski definition) is 6. The van der Waals surface area contributed by atoms with E-state index in [1.54, 1.807) is 11.8 Å². The van der Waals surface area contributed by atoms with Crippen LogP contribution in [0.25, 0.3) is 0 Å². The number of nitrogens with one attached hydrogen (secondary N) is 1. The highest BCUT2D eigenvalue weighted by Gasteiger charge is 2.44. The third-order valence-electron chi connectivity index (χ3n) is 7.35. The molecule has 1 N–H and O–H groups in total. The van der Waals surface area contributed by atoms with Crippen molar-refractivity contribution in [3.8, 4) is 17.2 Å². The van der Waals surface area contributed by atoms with E-state index in [1.807, 2.05) is 66.7 Å². The van der Waals surface area contributed by atoms with Gasteiger partial charge in [-0.1, -0.05) is 12.1 Å². The first kappa shape index (κ1) is 24.7. The molecular formula is C30H30N2O5S. The van der Waals surface area contributed by atoms with Gasteiger partial charge in [-0.3, -0.25) is 9.59 Å². The van der Waals surface area contributed by atoms with E-state index in [-0.39, 0.29) is 36.8 Å². The molecule has 2 atom stereocenters. The number of anilines is 1. The van der Waals surface area contributed by atoms with Crippen molar-refractivity contribution in [2.24, 2.45) is 0 Å². The first-order valence-electron chi connectivity index (χ1n) is 13.0. The minimum Gasteiger partial charge on any atom is -0.490 e. The molecule has 0 aliphatic carbocycles. The van der Waals surface area contributed by atoms with Gasteiger partial charge in [-0.2, -0.15) is 0 Å². The third kappa shape index (κ3) is 5.31. The maximum absolute atomic E-state index is 13.5. The molecule has 6 rings (SSSR count). The molecule has 196 valence electrons. The lowest BCUT2D eigenvalue weighted by Gasteiger charge is -2.39. The van der Waals surface area contributed by atoms with E-state index in [9.17, 15) is 9.59 Å². The van der Waals surface area contributed by atoms with Gasteiger partial charge in [-0.25, -0.2) is 0 Å². The summed E-state index contributed by atoms with van der Waals surface area (Å²) in [4.78, 5) is 27.9. The molecular weight excluding hydrogens is 500 g/mol. The normalized spacial score (nSPS) is 21.3. The van der Waals surface area contributed by atoms with Gasteiger partial charge in [-0.15, -0.1) is 11.8 Å². The van der Waals surface area contributed by atoms with Crippen molar-refractivity contribution in [1.29, 1.82) is 0 Å². The Kier molecular flexibility index (Phi) is 6.89. The van der Waals surface area contributed by atoms with Gasteiger partial charge in [0.25, 0.3) is 5.91 Å².